The second-order valence-corrected chi connectivity index (χ2v) is 6.82. The highest BCUT2D eigenvalue weighted by molar-refractivity contribution is 6.42. The number of fused-ring (bicyclic) bond motifs is 2. The number of rotatable bonds is 2. The maximum absolute atomic E-state index is 12.2. The second kappa shape index (κ2) is 5.57. The molecule has 0 heterocycles. The van der Waals surface area contributed by atoms with Crippen LogP contribution in [0.15, 0.2) is 18.2 Å². The smallest absolute Gasteiger partial charge is 0.309 e. The highest BCUT2D eigenvalue weighted by atomic mass is 35.5. The SMILES string of the molecule is COC(=O)[C@@H]1[C@H]2CC[C@H](C2)C[C@H]1c1ccc(Cl)c(Cl)c1. The predicted molar refractivity (Wildman–Crippen MR) is 80.2 cm³/mol. The second-order valence-electron chi connectivity index (χ2n) is 6.00. The molecule has 3 rings (SSSR count). The number of carbonyl (C=O) groups excluding carboxylic acids is 1. The number of esters is 1. The first-order valence-corrected chi connectivity index (χ1v) is 7.88. The summed E-state index contributed by atoms with van der Waals surface area (Å²) in [6.45, 7) is 0. The summed E-state index contributed by atoms with van der Waals surface area (Å²) < 4.78 is 5.05. The monoisotopic (exact) mass is 312 g/mol. The van der Waals surface area contributed by atoms with Gasteiger partial charge in [0.25, 0.3) is 0 Å². The van der Waals surface area contributed by atoms with Crippen molar-refractivity contribution in [3.8, 4) is 0 Å². The molecule has 0 aromatic heterocycles. The van der Waals surface area contributed by atoms with E-state index in [1.165, 1.54) is 13.5 Å². The topological polar surface area (TPSA) is 26.3 Å². The van der Waals surface area contributed by atoms with Gasteiger partial charge in [0.15, 0.2) is 0 Å². The molecule has 108 valence electrons. The van der Waals surface area contributed by atoms with E-state index < -0.39 is 0 Å². The molecule has 0 radical (unpaired) electrons. The first-order valence-electron chi connectivity index (χ1n) is 7.13. The zero-order chi connectivity index (χ0) is 14.3. The van der Waals surface area contributed by atoms with Crippen LogP contribution in [0.3, 0.4) is 0 Å². The Hall–Kier alpha value is -0.730. The third-order valence-electron chi connectivity index (χ3n) is 4.96. The van der Waals surface area contributed by atoms with E-state index >= 15 is 0 Å². The van der Waals surface area contributed by atoms with Crippen LogP contribution in [-0.2, 0) is 9.53 Å². The molecular formula is C16H18Cl2O2. The molecule has 2 aliphatic carbocycles. The number of methoxy groups -OCH3 is 1. The highest BCUT2D eigenvalue weighted by Gasteiger charge is 2.46. The van der Waals surface area contributed by atoms with E-state index in [4.69, 9.17) is 27.9 Å². The van der Waals surface area contributed by atoms with Crippen LogP contribution in [0.5, 0.6) is 0 Å². The molecule has 0 aliphatic heterocycles. The van der Waals surface area contributed by atoms with Crippen LogP contribution < -0.4 is 0 Å². The molecule has 2 bridgehead atoms. The Balaban J connectivity index is 1.96. The number of halogens is 2. The van der Waals surface area contributed by atoms with Crippen molar-refractivity contribution in [1.29, 1.82) is 0 Å². The Morgan fingerprint density at radius 2 is 2.00 bits per heavy atom. The summed E-state index contributed by atoms with van der Waals surface area (Å²) in [6, 6.07) is 5.74. The van der Waals surface area contributed by atoms with Crippen molar-refractivity contribution >= 4 is 29.2 Å². The number of benzene rings is 1. The van der Waals surface area contributed by atoms with Gasteiger partial charge in [-0.3, -0.25) is 4.79 Å². The van der Waals surface area contributed by atoms with Gasteiger partial charge in [0.1, 0.15) is 0 Å². The number of ether oxygens (including phenoxy) is 1. The quantitative estimate of drug-likeness (QED) is 0.741. The van der Waals surface area contributed by atoms with Crippen LogP contribution in [0.25, 0.3) is 0 Å². The summed E-state index contributed by atoms with van der Waals surface area (Å²) in [5, 5.41) is 1.12. The van der Waals surface area contributed by atoms with Crippen LogP contribution in [0.1, 0.15) is 37.2 Å². The van der Waals surface area contributed by atoms with E-state index in [0.717, 1.165) is 30.7 Å². The Kier molecular flexibility index (Phi) is 3.96. The third-order valence-corrected chi connectivity index (χ3v) is 5.69. The van der Waals surface area contributed by atoms with Crippen molar-refractivity contribution in [2.75, 3.05) is 7.11 Å². The molecule has 0 saturated heterocycles. The summed E-state index contributed by atoms with van der Waals surface area (Å²) in [7, 11) is 1.48. The number of carbonyl (C=O) groups is 1. The first-order chi connectivity index (χ1) is 9.60. The average Bonchev–Trinajstić information content (AvgIpc) is 2.82. The summed E-state index contributed by atoms with van der Waals surface area (Å²) in [6.07, 6.45) is 4.59. The van der Waals surface area contributed by atoms with E-state index in [0.29, 0.717) is 16.0 Å². The van der Waals surface area contributed by atoms with Gasteiger partial charge < -0.3 is 4.74 Å². The predicted octanol–water partition coefficient (Wildman–Crippen LogP) is 4.69. The molecule has 0 spiro atoms. The molecule has 0 N–H and O–H groups in total. The molecule has 2 saturated carbocycles. The molecule has 1 aromatic carbocycles. The van der Waals surface area contributed by atoms with E-state index in [1.54, 1.807) is 0 Å². The van der Waals surface area contributed by atoms with E-state index in [2.05, 4.69) is 0 Å². The average molecular weight is 313 g/mol. The zero-order valence-electron chi connectivity index (χ0n) is 11.4. The number of hydrogen-bond acceptors (Lipinski definition) is 2. The minimum absolute atomic E-state index is 0.0315. The van der Waals surface area contributed by atoms with Crippen LogP contribution in [0.4, 0.5) is 0 Å². The largest absolute Gasteiger partial charge is 0.469 e. The molecule has 1 aromatic rings. The van der Waals surface area contributed by atoms with Gasteiger partial charge in [0, 0.05) is 0 Å². The highest BCUT2D eigenvalue weighted by Crippen LogP contribution is 2.52. The van der Waals surface area contributed by atoms with Gasteiger partial charge in [0.05, 0.1) is 23.1 Å². The Bertz CT molecular complexity index is 529. The lowest BCUT2D eigenvalue weighted by Crippen LogP contribution is -2.33. The molecule has 2 nitrogen and oxygen atoms in total. The Labute approximate surface area is 129 Å². The van der Waals surface area contributed by atoms with E-state index in [9.17, 15) is 4.79 Å². The maximum Gasteiger partial charge on any atom is 0.309 e. The summed E-state index contributed by atoms with van der Waals surface area (Å²) in [5.41, 5.74) is 1.12. The molecular weight excluding hydrogens is 295 g/mol. The van der Waals surface area contributed by atoms with Gasteiger partial charge in [0.2, 0.25) is 0 Å². The molecule has 4 heteroatoms. The standard InChI is InChI=1S/C16H18Cl2O2/c1-20-16(19)15-11-3-2-9(6-11)7-12(15)10-4-5-13(17)14(18)8-10/h4-5,8-9,11-12,15H,2-3,6-7H2,1H3/t9-,11+,12+,15-/m1/s1. The normalized spacial score (nSPS) is 32.1. The van der Waals surface area contributed by atoms with E-state index in [1.807, 2.05) is 18.2 Å². The lowest BCUT2D eigenvalue weighted by Gasteiger charge is -2.35. The molecule has 20 heavy (non-hydrogen) atoms. The van der Waals surface area contributed by atoms with Crippen molar-refractivity contribution < 1.29 is 9.53 Å². The van der Waals surface area contributed by atoms with Crippen molar-refractivity contribution in [1.82, 2.24) is 0 Å². The lowest BCUT2D eigenvalue weighted by atomic mass is 9.69. The summed E-state index contributed by atoms with van der Waals surface area (Å²) in [4.78, 5) is 12.2. The minimum Gasteiger partial charge on any atom is -0.469 e. The molecule has 2 aliphatic rings. The van der Waals surface area contributed by atoms with Gasteiger partial charge in [-0.1, -0.05) is 35.7 Å². The summed E-state index contributed by atoms with van der Waals surface area (Å²) in [5.74, 6) is 1.30. The van der Waals surface area contributed by atoms with Gasteiger partial charge in [-0.2, -0.15) is 0 Å². The molecule has 0 unspecified atom stereocenters. The van der Waals surface area contributed by atoms with Crippen molar-refractivity contribution in [3.63, 3.8) is 0 Å². The summed E-state index contributed by atoms with van der Waals surface area (Å²) >= 11 is 12.1. The fraction of sp³-hybridized carbons (Fsp3) is 0.562. The van der Waals surface area contributed by atoms with Crippen LogP contribution in [0.2, 0.25) is 10.0 Å². The first kappa shape index (κ1) is 14.2. The minimum atomic E-state index is -0.0774. The van der Waals surface area contributed by atoms with Crippen molar-refractivity contribution in [2.24, 2.45) is 17.8 Å². The fourth-order valence-electron chi connectivity index (χ4n) is 4.07. The Morgan fingerprint density at radius 1 is 1.20 bits per heavy atom. The maximum atomic E-state index is 12.2. The van der Waals surface area contributed by atoms with Gasteiger partial charge in [-0.05, 0) is 54.7 Å². The van der Waals surface area contributed by atoms with Gasteiger partial charge in [-0.15, -0.1) is 0 Å². The number of hydrogen-bond donors (Lipinski definition) is 0. The van der Waals surface area contributed by atoms with Crippen LogP contribution in [0, 0.1) is 17.8 Å². The zero-order valence-corrected chi connectivity index (χ0v) is 13.0. The van der Waals surface area contributed by atoms with E-state index in [-0.39, 0.29) is 17.8 Å². The van der Waals surface area contributed by atoms with Gasteiger partial charge in [-0.25, -0.2) is 0 Å². The van der Waals surface area contributed by atoms with Crippen molar-refractivity contribution in [3.05, 3.63) is 33.8 Å². The molecule has 0 amide bonds. The third kappa shape index (κ3) is 2.44. The van der Waals surface area contributed by atoms with Crippen molar-refractivity contribution in [2.45, 2.75) is 31.6 Å². The molecule has 2 fully saturated rings. The lowest BCUT2D eigenvalue weighted by molar-refractivity contribution is -0.149. The molecule has 4 atom stereocenters. The van der Waals surface area contributed by atoms with Crippen LogP contribution in [-0.4, -0.2) is 13.1 Å². The van der Waals surface area contributed by atoms with Crippen LogP contribution >= 0.6 is 23.2 Å². The Morgan fingerprint density at radius 3 is 2.70 bits per heavy atom. The fourth-order valence-corrected chi connectivity index (χ4v) is 4.37. The van der Waals surface area contributed by atoms with Gasteiger partial charge >= 0.3 is 5.97 Å².